The Labute approximate surface area is 125 Å². The normalized spacial score (nSPS) is 17.2. The molecule has 1 atom stereocenters. The van der Waals surface area contributed by atoms with Crippen molar-refractivity contribution in [1.29, 1.82) is 0 Å². The van der Waals surface area contributed by atoms with Crippen molar-refractivity contribution in [2.24, 2.45) is 17.4 Å². The molecular weight excluding hydrogens is 266 g/mol. The summed E-state index contributed by atoms with van der Waals surface area (Å²) in [6.07, 6.45) is 6.81. The van der Waals surface area contributed by atoms with Gasteiger partial charge < -0.3 is 16.8 Å². The predicted molar refractivity (Wildman–Crippen MR) is 82.8 cm³/mol. The fraction of sp³-hybridized carbons (Fsp3) is 0.500. The third-order valence-electron chi connectivity index (χ3n) is 4.06. The van der Waals surface area contributed by atoms with E-state index in [2.05, 4.69) is 5.32 Å². The van der Waals surface area contributed by atoms with Crippen LogP contribution in [0.1, 0.15) is 48.9 Å². The first kappa shape index (κ1) is 15.5. The second-order valence-corrected chi connectivity index (χ2v) is 5.78. The van der Waals surface area contributed by atoms with Gasteiger partial charge in [-0.05, 0) is 30.5 Å². The number of anilines is 1. The zero-order chi connectivity index (χ0) is 15.2. The quantitative estimate of drug-likeness (QED) is 0.773. The van der Waals surface area contributed by atoms with E-state index < -0.39 is 11.9 Å². The second kappa shape index (κ2) is 7.22. The van der Waals surface area contributed by atoms with Crippen LogP contribution < -0.4 is 16.8 Å². The molecule has 5 N–H and O–H groups in total. The van der Waals surface area contributed by atoms with E-state index in [0.29, 0.717) is 17.2 Å². The number of benzene rings is 1. The lowest BCUT2D eigenvalue weighted by molar-refractivity contribution is -0.117. The molecular formula is C16H23N3O2. The van der Waals surface area contributed by atoms with E-state index in [1.54, 1.807) is 24.3 Å². The highest BCUT2D eigenvalue weighted by atomic mass is 16.2. The van der Waals surface area contributed by atoms with E-state index in [-0.39, 0.29) is 5.91 Å². The number of primary amides is 1. The minimum Gasteiger partial charge on any atom is -0.366 e. The molecule has 1 aliphatic carbocycles. The van der Waals surface area contributed by atoms with Crippen molar-refractivity contribution in [1.82, 2.24) is 0 Å². The van der Waals surface area contributed by atoms with Gasteiger partial charge in [-0.2, -0.15) is 0 Å². The van der Waals surface area contributed by atoms with Crippen molar-refractivity contribution in [2.75, 3.05) is 5.32 Å². The van der Waals surface area contributed by atoms with Gasteiger partial charge in [0, 0.05) is 11.3 Å². The first-order valence-corrected chi connectivity index (χ1v) is 7.52. The Kier molecular flexibility index (Phi) is 5.33. The molecule has 1 fully saturated rings. The highest BCUT2D eigenvalue weighted by Gasteiger charge is 2.21. The lowest BCUT2D eigenvalue weighted by Gasteiger charge is -2.24. The van der Waals surface area contributed by atoms with Gasteiger partial charge in [-0.15, -0.1) is 0 Å². The Morgan fingerprint density at radius 2 is 1.95 bits per heavy atom. The zero-order valence-electron chi connectivity index (χ0n) is 12.2. The molecule has 21 heavy (non-hydrogen) atoms. The van der Waals surface area contributed by atoms with E-state index in [1.807, 2.05) is 0 Å². The third kappa shape index (κ3) is 4.56. The summed E-state index contributed by atoms with van der Waals surface area (Å²) >= 11 is 0. The molecule has 1 aromatic carbocycles. The summed E-state index contributed by atoms with van der Waals surface area (Å²) in [4.78, 5) is 23.2. The Hall–Kier alpha value is -1.88. The minimum absolute atomic E-state index is 0.206. The number of carbonyl (C=O) groups is 2. The van der Waals surface area contributed by atoms with Gasteiger partial charge in [0.15, 0.2) is 0 Å². The molecule has 0 heterocycles. The van der Waals surface area contributed by atoms with Crippen LogP contribution in [-0.4, -0.2) is 17.9 Å². The summed E-state index contributed by atoms with van der Waals surface area (Å²) < 4.78 is 0. The number of carbonyl (C=O) groups excluding carboxylic acids is 2. The Morgan fingerprint density at radius 1 is 1.24 bits per heavy atom. The van der Waals surface area contributed by atoms with Crippen LogP contribution in [0.25, 0.3) is 0 Å². The van der Waals surface area contributed by atoms with Crippen LogP contribution in [-0.2, 0) is 4.79 Å². The van der Waals surface area contributed by atoms with Crippen LogP contribution >= 0.6 is 0 Å². The van der Waals surface area contributed by atoms with E-state index in [9.17, 15) is 9.59 Å². The van der Waals surface area contributed by atoms with Crippen molar-refractivity contribution < 1.29 is 9.59 Å². The average molecular weight is 289 g/mol. The van der Waals surface area contributed by atoms with Gasteiger partial charge in [0.2, 0.25) is 11.8 Å². The van der Waals surface area contributed by atoms with Crippen molar-refractivity contribution in [3.63, 3.8) is 0 Å². The highest BCUT2D eigenvalue weighted by molar-refractivity contribution is 5.97. The van der Waals surface area contributed by atoms with Gasteiger partial charge in [-0.1, -0.05) is 38.2 Å². The predicted octanol–water partition coefficient (Wildman–Crippen LogP) is 2.02. The standard InChI is InChI=1S/C16H23N3O2/c17-14(9-11-5-2-1-3-6-11)16(21)19-13-8-4-7-12(10-13)15(18)20/h4,7-8,10-11,14H,1-3,5-6,9,17H2,(H2,18,20)(H,19,21). The molecule has 2 rings (SSSR count). The highest BCUT2D eigenvalue weighted by Crippen LogP contribution is 2.27. The maximum Gasteiger partial charge on any atom is 0.248 e. The first-order chi connectivity index (χ1) is 10.1. The summed E-state index contributed by atoms with van der Waals surface area (Å²) in [5.74, 6) is -0.170. The van der Waals surface area contributed by atoms with E-state index >= 15 is 0 Å². The molecule has 5 nitrogen and oxygen atoms in total. The number of rotatable bonds is 5. The van der Waals surface area contributed by atoms with Gasteiger partial charge in [0.05, 0.1) is 6.04 Å². The van der Waals surface area contributed by atoms with Crippen LogP contribution in [0.3, 0.4) is 0 Å². The Morgan fingerprint density at radius 3 is 2.62 bits per heavy atom. The maximum absolute atomic E-state index is 12.1. The average Bonchev–Trinajstić information content (AvgIpc) is 2.48. The fourth-order valence-corrected chi connectivity index (χ4v) is 2.87. The fourth-order valence-electron chi connectivity index (χ4n) is 2.87. The van der Waals surface area contributed by atoms with Gasteiger partial charge >= 0.3 is 0 Å². The molecule has 1 aliphatic rings. The second-order valence-electron chi connectivity index (χ2n) is 5.78. The molecule has 2 amide bonds. The molecule has 0 radical (unpaired) electrons. The number of hydrogen-bond donors (Lipinski definition) is 3. The maximum atomic E-state index is 12.1. The molecule has 0 spiro atoms. The smallest absolute Gasteiger partial charge is 0.248 e. The zero-order valence-corrected chi connectivity index (χ0v) is 12.2. The van der Waals surface area contributed by atoms with E-state index in [1.165, 1.54) is 19.3 Å². The largest absolute Gasteiger partial charge is 0.366 e. The van der Waals surface area contributed by atoms with Crippen molar-refractivity contribution in [3.05, 3.63) is 29.8 Å². The molecule has 1 unspecified atom stereocenters. The van der Waals surface area contributed by atoms with Crippen LogP contribution in [0.5, 0.6) is 0 Å². The van der Waals surface area contributed by atoms with Crippen molar-refractivity contribution >= 4 is 17.5 Å². The van der Waals surface area contributed by atoms with Gasteiger partial charge in [-0.25, -0.2) is 0 Å². The summed E-state index contributed by atoms with van der Waals surface area (Å²) in [6, 6.07) is 6.07. The molecule has 5 heteroatoms. The number of hydrogen-bond acceptors (Lipinski definition) is 3. The van der Waals surface area contributed by atoms with Crippen molar-refractivity contribution in [3.8, 4) is 0 Å². The molecule has 1 aromatic rings. The van der Waals surface area contributed by atoms with Crippen LogP contribution in [0.2, 0.25) is 0 Å². The molecule has 0 aromatic heterocycles. The first-order valence-electron chi connectivity index (χ1n) is 7.52. The Balaban J connectivity index is 1.90. The number of nitrogens with two attached hydrogens (primary N) is 2. The van der Waals surface area contributed by atoms with Crippen molar-refractivity contribution in [2.45, 2.75) is 44.6 Å². The lowest BCUT2D eigenvalue weighted by Crippen LogP contribution is -2.37. The van der Waals surface area contributed by atoms with Gasteiger partial charge in [0.25, 0.3) is 0 Å². The van der Waals surface area contributed by atoms with Crippen LogP contribution in [0.15, 0.2) is 24.3 Å². The summed E-state index contributed by atoms with van der Waals surface area (Å²) in [5, 5.41) is 2.75. The minimum atomic E-state index is -0.516. The van der Waals surface area contributed by atoms with Crippen LogP contribution in [0.4, 0.5) is 5.69 Å². The Bertz CT molecular complexity index is 510. The number of nitrogens with one attached hydrogen (secondary N) is 1. The topological polar surface area (TPSA) is 98.2 Å². The summed E-state index contributed by atoms with van der Waals surface area (Å²) in [6.45, 7) is 0. The molecule has 114 valence electrons. The summed E-state index contributed by atoms with van der Waals surface area (Å²) in [7, 11) is 0. The van der Waals surface area contributed by atoms with E-state index in [4.69, 9.17) is 11.5 Å². The summed E-state index contributed by atoms with van der Waals surface area (Å²) in [5.41, 5.74) is 12.1. The molecule has 0 saturated heterocycles. The molecule has 1 saturated carbocycles. The van der Waals surface area contributed by atoms with Gasteiger partial charge in [-0.3, -0.25) is 9.59 Å². The van der Waals surface area contributed by atoms with Gasteiger partial charge in [0.1, 0.15) is 0 Å². The van der Waals surface area contributed by atoms with E-state index in [0.717, 1.165) is 19.3 Å². The SMILES string of the molecule is NC(=O)c1cccc(NC(=O)C(N)CC2CCCCC2)c1. The monoisotopic (exact) mass is 289 g/mol. The molecule has 0 bridgehead atoms. The molecule has 0 aliphatic heterocycles. The lowest BCUT2D eigenvalue weighted by atomic mass is 9.85. The third-order valence-corrected chi connectivity index (χ3v) is 4.06. The van der Waals surface area contributed by atoms with Crippen LogP contribution in [0, 0.1) is 5.92 Å². The number of amides is 2.